The smallest absolute Gasteiger partial charge is 0.266 e. The molecule has 0 radical (unpaired) electrons. The number of hydrogen-bond acceptors (Lipinski definition) is 4. The Morgan fingerprint density at radius 1 is 0.643 bits per heavy atom. The van der Waals surface area contributed by atoms with Gasteiger partial charge in [0.25, 0.3) is 23.6 Å². The largest absolute Gasteiger partial charge is 0.271 e. The van der Waals surface area contributed by atoms with Crippen LogP contribution in [0.3, 0.4) is 0 Å². The van der Waals surface area contributed by atoms with Gasteiger partial charge in [0.2, 0.25) is 0 Å². The first-order valence-electron chi connectivity index (χ1n) is 9.57. The molecule has 1 aliphatic carbocycles. The average Bonchev–Trinajstić information content (AvgIpc) is 3.13. The van der Waals surface area contributed by atoms with Gasteiger partial charge in [0.1, 0.15) is 0 Å². The number of nitrogens with zero attached hydrogens (tertiary/aromatic N) is 2. The van der Waals surface area contributed by atoms with E-state index in [9.17, 15) is 19.2 Å². The quantitative estimate of drug-likeness (QED) is 0.755. The predicted molar refractivity (Wildman–Crippen MR) is 101 cm³/mol. The molecule has 0 N–H and O–H groups in total. The predicted octanol–water partition coefficient (Wildman–Crippen LogP) is 3.42. The summed E-state index contributed by atoms with van der Waals surface area (Å²) in [6.45, 7) is 0. The van der Waals surface area contributed by atoms with Gasteiger partial charge in [-0.2, -0.15) is 0 Å². The minimum absolute atomic E-state index is 0.0658. The van der Waals surface area contributed by atoms with Crippen molar-refractivity contribution in [3.05, 3.63) is 64.7 Å². The molecule has 0 spiro atoms. The molecule has 4 amide bonds. The summed E-state index contributed by atoms with van der Waals surface area (Å²) in [5.41, 5.74) is 1.62. The Hall–Kier alpha value is -3.28. The Bertz CT molecular complexity index is 1020. The average molecular weight is 374 g/mol. The first-order valence-corrected chi connectivity index (χ1v) is 9.57. The minimum Gasteiger partial charge on any atom is -0.271 e. The number of amides is 4. The second-order valence-electron chi connectivity index (χ2n) is 7.49. The molecule has 6 heteroatoms. The summed E-state index contributed by atoms with van der Waals surface area (Å²) >= 11 is 0. The number of rotatable bonds is 2. The molecule has 3 aliphatic rings. The molecule has 28 heavy (non-hydrogen) atoms. The summed E-state index contributed by atoms with van der Waals surface area (Å²) < 4.78 is 0. The van der Waals surface area contributed by atoms with Crippen LogP contribution in [0.2, 0.25) is 0 Å². The molecule has 0 saturated heterocycles. The molecule has 0 bridgehead atoms. The van der Waals surface area contributed by atoms with Gasteiger partial charge < -0.3 is 0 Å². The van der Waals surface area contributed by atoms with Gasteiger partial charge in [-0.1, -0.05) is 31.4 Å². The van der Waals surface area contributed by atoms with Gasteiger partial charge in [-0.3, -0.25) is 24.1 Å². The Morgan fingerprint density at radius 3 is 1.86 bits per heavy atom. The van der Waals surface area contributed by atoms with Crippen LogP contribution in [-0.2, 0) is 0 Å². The number of fused-ring (bicyclic) bond motifs is 2. The van der Waals surface area contributed by atoms with Crippen molar-refractivity contribution in [3.8, 4) is 0 Å². The van der Waals surface area contributed by atoms with Crippen LogP contribution in [0.15, 0.2) is 42.5 Å². The summed E-state index contributed by atoms with van der Waals surface area (Å²) in [4.78, 5) is 53.6. The van der Waals surface area contributed by atoms with E-state index in [1.54, 1.807) is 36.4 Å². The maximum absolute atomic E-state index is 13.0. The van der Waals surface area contributed by atoms with Crippen LogP contribution in [0.25, 0.3) is 0 Å². The number of hydrogen-bond donors (Lipinski definition) is 0. The molecule has 1 fully saturated rings. The lowest BCUT2D eigenvalue weighted by atomic mass is 9.94. The second kappa shape index (κ2) is 6.12. The van der Waals surface area contributed by atoms with E-state index in [4.69, 9.17) is 0 Å². The zero-order valence-corrected chi connectivity index (χ0v) is 15.2. The lowest BCUT2D eigenvalue weighted by Crippen LogP contribution is -2.40. The highest BCUT2D eigenvalue weighted by Gasteiger charge is 2.42. The number of carbonyl (C=O) groups is 4. The van der Waals surface area contributed by atoms with Crippen molar-refractivity contribution in [2.45, 2.75) is 38.1 Å². The molecule has 2 aromatic carbocycles. The topological polar surface area (TPSA) is 74.8 Å². The van der Waals surface area contributed by atoms with Gasteiger partial charge in [0, 0.05) is 6.04 Å². The molecular formula is C22H18N2O4. The summed E-state index contributed by atoms with van der Waals surface area (Å²) in [6.07, 6.45) is 4.81. The Labute approximate surface area is 161 Å². The van der Waals surface area contributed by atoms with Crippen molar-refractivity contribution in [1.82, 2.24) is 4.90 Å². The van der Waals surface area contributed by atoms with Crippen LogP contribution in [0.1, 0.15) is 73.5 Å². The van der Waals surface area contributed by atoms with Gasteiger partial charge in [-0.05, 0) is 43.2 Å². The monoisotopic (exact) mass is 374 g/mol. The lowest BCUT2D eigenvalue weighted by molar-refractivity contribution is 0.0548. The zero-order valence-electron chi connectivity index (χ0n) is 15.2. The van der Waals surface area contributed by atoms with Crippen LogP contribution < -0.4 is 4.90 Å². The van der Waals surface area contributed by atoms with Gasteiger partial charge in [0.15, 0.2) is 0 Å². The molecular weight excluding hydrogens is 356 g/mol. The highest BCUT2D eigenvalue weighted by molar-refractivity contribution is 6.34. The zero-order chi connectivity index (χ0) is 19.4. The third kappa shape index (κ3) is 2.27. The molecule has 2 heterocycles. The summed E-state index contributed by atoms with van der Waals surface area (Å²) in [5.74, 6) is -1.44. The minimum atomic E-state index is -0.415. The van der Waals surface area contributed by atoms with E-state index in [-0.39, 0.29) is 23.4 Å². The fourth-order valence-corrected chi connectivity index (χ4v) is 4.48. The molecule has 0 unspecified atom stereocenters. The summed E-state index contributed by atoms with van der Waals surface area (Å²) in [7, 11) is 0. The van der Waals surface area contributed by atoms with E-state index < -0.39 is 11.8 Å². The molecule has 6 nitrogen and oxygen atoms in total. The number of anilines is 1. The van der Waals surface area contributed by atoms with E-state index >= 15 is 0 Å². The first-order chi connectivity index (χ1) is 13.6. The summed E-state index contributed by atoms with van der Waals surface area (Å²) in [5, 5.41) is 0. The Balaban J connectivity index is 1.51. The van der Waals surface area contributed by atoms with Crippen molar-refractivity contribution in [3.63, 3.8) is 0 Å². The molecule has 2 aliphatic heterocycles. The van der Waals surface area contributed by atoms with Crippen molar-refractivity contribution in [1.29, 1.82) is 0 Å². The van der Waals surface area contributed by atoms with Crippen molar-refractivity contribution < 1.29 is 19.2 Å². The maximum atomic E-state index is 13.0. The fraction of sp³-hybridized carbons (Fsp3) is 0.273. The van der Waals surface area contributed by atoms with Gasteiger partial charge in [0.05, 0.1) is 27.9 Å². The molecule has 2 aromatic rings. The third-order valence-corrected chi connectivity index (χ3v) is 5.89. The van der Waals surface area contributed by atoms with E-state index in [1.165, 1.54) is 11.0 Å². The van der Waals surface area contributed by atoms with Crippen LogP contribution in [-0.4, -0.2) is 34.6 Å². The molecule has 0 atom stereocenters. The van der Waals surface area contributed by atoms with Crippen LogP contribution in [0.4, 0.5) is 5.69 Å². The fourth-order valence-electron chi connectivity index (χ4n) is 4.48. The van der Waals surface area contributed by atoms with E-state index in [0.29, 0.717) is 22.4 Å². The Morgan fingerprint density at radius 2 is 1.21 bits per heavy atom. The van der Waals surface area contributed by atoms with Crippen molar-refractivity contribution in [2.75, 3.05) is 4.90 Å². The van der Waals surface area contributed by atoms with E-state index in [0.717, 1.165) is 37.0 Å². The van der Waals surface area contributed by atoms with E-state index in [2.05, 4.69) is 0 Å². The van der Waals surface area contributed by atoms with E-state index in [1.807, 2.05) is 0 Å². The molecule has 140 valence electrons. The highest BCUT2D eigenvalue weighted by atomic mass is 16.2. The Kier molecular flexibility index (Phi) is 3.69. The van der Waals surface area contributed by atoms with Crippen LogP contribution in [0.5, 0.6) is 0 Å². The molecule has 0 aromatic heterocycles. The number of carbonyl (C=O) groups excluding carboxylic acids is 4. The molecule has 1 saturated carbocycles. The number of benzene rings is 2. The van der Waals surface area contributed by atoms with Crippen molar-refractivity contribution >= 4 is 29.3 Å². The first kappa shape index (κ1) is 16.9. The maximum Gasteiger partial charge on any atom is 0.266 e. The number of imide groups is 2. The standard InChI is InChI=1S/C22H18N2O4/c25-19-15-8-4-5-9-16(15)20(26)24(19)14-10-11-17-18(12-14)22(28)23(21(17)27)13-6-2-1-3-7-13/h4-5,8-13H,1-3,6-7H2. The van der Waals surface area contributed by atoms with Gasteiger partial charge >= 0.3 is 0 Å². The van der Waals surface area contributed by atoms with Crippen LogP contribution in [0, 0.1) is 0 Å². The molecule has 5 rings (SSSR count). The SMILES string of the molecule is O=C1c2ccccc2C(=O)N1c1ccc2c(c1)C(=O)N(C1CCCCC1)C2=O. The normalized spacial score (nSPS) is 19.4. The van der Waals surface area contributed by atoms with Crippen LogP contribution >= 0.6 is 0 Å². The summed E-state index contributed by atoms with van der Waals surface area (Å²) in [6, 6.07) is 11.2. The third-order valence-electron chi connectivity index (χ3n) is 5.89. The highest BCUT2D eigenvalue weighted by Crippen LogP contribution is 2.35. The van der Waals surface area contributed by atoms with Gasteiger partial charge in [-0.25, -0.2) is 4.90 Å². The van der Waals surface area contributed by atoms with Crippen molar-refractivity contribution in [2.24, 2.45) is 0 Å². The second-order valence-corrected chi connectivity index (χ2v) is 7.49. The van der Waals surface area contributed by atoms with Gasteiger partial charge in [-0.15, -0.1) is 0 Å². The lowest BCUT2D eigenvalue weighted by Gasteiger charge is -2.29.